The summed E-state index contributed by atoms with van der Waals surface area (Å²) < 4.78 is 0.313. The number of thiocarbonyl (C=S) groups is 2. The first-order valence-corrected chi connectivity index (χ1v) is 14.5. The lowest BCUT2D eigenvalue weighted by Crippen LogP contribution is -2.33. The summed E-state index contributed by atoms with van der Waals surface area (Å²) >= 11 is 12.4. The number of hydrogen-bond donors (Lipinski definition) is 4. The summed E-state index contributed by atoms with van der Waals surface area (Å²) in [6.07, 6.45) is -0.273. The number of thioether (sulfide) groups is 2. The highest BCUT2D eigenvalue weighted by Crippen LogP contribution is 2.42. The number of carboxylic acids is 2. The van der Waals surface area contributed by atoms with Crippen LogP contribution in [0.15, 0.2) is 58.3 Å². The summed E-state index contributed by atoms with van der Waals surface area (Å²) in [5.74, 6) is -4.32. The van der Waals surface area contributed by atoms with E-state index in [0.717, 1.165) is 23.5 Å². The van der Waals surface area contributed by atoms with Crippen molar-refractivity contribution in [3.63, 3.8) is 0 Å². The zero-order chi connectivity index (χ0) is 30.6. The molecule has 2 saturated heterocycles. The van der Waals surface area contributed by atoms with Crippen molar-refractivity contribution in [2.24, 2.45) is 0 Å². The number of nitrogens with one attached hydrogen (secondary N) is 2. The zero-order valence-corrected chi connectivity index (χ0v) is 24.6. The molecule has 4 rings (SSSR count). The number of nitrogens with zero attached hydrogens (tertiary/aromatic N) is 2. The number of carbonyl (C=O) groups excluding carboxylic acids is 4. The number of aromatic carboxylic acids is 2. The molecule has 12 nitrogen and oxygen atoms in total. The van der Waals surface area contributed by atoms with Crippen LogP contribution in [0.1, 0.15) is 33.6 Å². The van der Waals surface area contributed by atoms with E-state index in [4.69, 9.17) is 34.6 Å². The molecule has 2 fully saturated rings. The molecule has 42 heavy (non-hydrogen) atoms. The Hall–Kier alpha value is -4.12. The van der Waals surface area contributed by atoms with Crippen LogP contribution < -0.4 is 10.6 Å². The molecule has 0 aliphatic carbocycles. The summed E-state index contributed by atoms with van der Waals surface area (Å²) in [5, 5.41) is 23.4. The van der Waals surface area contributed by atoms with E-state index >= 15 is 0 Å². The molecule has 0 bridgehead atoms. The minimum Gasteiger partial charge on any atom is -0.478 e. The van der Waals surface area contributed by atoms with Gasteiger partial charge in [-0.25, -0.2) is 9.59 Å². The topological polar surface area (TPSA) is 173 Å². The second-order valence-corrected chi connectivity index (χ2v) is 12.0. The number of anilines is 2. The SMILES string of the molecule is O=C(CCN1C(=O)C(=C2SC(=S)N(CCC(=O)Nc3cccc(C(=O)O)c3)C2=O)SC1=S)Nc1cccc(C(=O)O)c1. The van der Waals surface area contributed by atoms with Gasteiger partial charge >= 0.3 is 11.9 Å². The van der Waals surface area contributed by atoms with Crippen molar-refractivity contribution in [2.75, 3.05) is 23.7 Å². The van der Waals surface area contributed by atoms with Gasteiger partial charge in [-0.15, -0.1) is 0 Å². The van der Waals surface area contributed by atoms with E-state index in [1.165, 1.54) is 58.3 Å². The lowest BCUT2D eigenvalue weighted by atomic mass is 10.2. The first-order valence-electron chi connectivity index (χ1n) is 12.0. The first kappa shape index (κ1) is 30.8. The highest BCUT2D eigenvalue weighted by atomic mass is 32.2. The second kappa shape index (κ2) is 13.2. The standard InChI is InChI=1S/C26H20N4O8S4/c31-17(27-15-5-1-3-13(11-15)23(35)36)7-9-29-21(33)19(41-25(29)39)20-22(34)30(26(40)42-20)10-8-18(32)28-16-6-2-4-14(12-16)24(37)38/h1-6,11-12H,7-10H2,(H,27,31)(H,28,32)(H,35,36)(H,37,38). The normalized spacial score (nSPS) is 16.7. The van der Waals surface area contributed by atoms with Crippen LogP contribution in [-0.2, 0) is 19.2 Å². The van der Waals surface area contributed by atoms with Crippen LogP contribution >= 0.6 is 48.0 Å². The Kier molecular flexibility index (Phi) is 9.72. The van der Waals surface area contributed by atoms with E-state index in [0.29, 0.717) is 0 Å². The summed E-state index contributed by atoms with van der Waals surface area (Å²) in [5.41, 5.74) is 0.592. The fourth-order valence-electron chi connectivity index (χ4n) is 3.79. The molecule has 16 heteroatoms. The molecular weight excluding hydrogens is 625 g/mol. The Morgan fingerprint density at radius 2 is 1.07 bits per heavy atom. The summed E-state index contributed by atoms with van der Waals surface area (Å²) in [6, 6.07) is 11.4. The molecule has 2 aromatic rings. The summed E-state index contributed by atoms with van der Waals surface area (Å²) in [6.45, 7) is -0.135. The number of carboxylic acid groups (broad SMARTS) is 2. The molecule has 0 spiro atoms. The third kappa shape index (κ3) is 7.20. The van der Waals surface area contributed by atoms with Gasteiger partial charge in [-0.1, -0.05) is 60.1 Å². The van der Waals surface area contributed by atoms with Gasteiger partial charge in [-0.05, 0) is 36.4 Å². The highest BCUT2D eigenvalue weighted by molar-refractivity contribution is 8.29. The summed E-state index contributed by atoms with van der Waals surface area (Å²) in [4.78, 5) is 75.9. The third-order valence-corrected chi connectivity index (χ3v) is 8.84. The largest absolute Gasteiger partial charge is 0.478 e. The number of amides is 4. The maximum absolute atomic E-state index is 13.1. The molecule has 2 heterocycles. The van der Waals surface area contributed by atoms with Crippen LogP contribution in [0.3, 0.4) is 0 Å². The fourth-order valence-corrected chi connectivity index (χ4v) is 6.56. The van der Waals surface area contributed by atoms with Crippen molar-refractivity contribution in [1.29, 1.82) is 0 Å². The van der Waals surface area contributed by atoms with Gasteiger partial charge in [0, 0.05) is 37.3 Å². The number of carbonyl (C=O) groups is 6. The number of rotatable bonds is 10. The lowest BCUT2D eigenvalue weighted by Gasteiger charge is -2.15. The van der Waals surface area contributed by atoms with Crippen LogP contribution in [0.4, 0.5) is 11.4 Å². The monoisotopic (exact) mass is 644 g/mol. The average molecular weight is 645 g/mol. The Bertz CT molecular complexity index is 1480. The lowest BCUT2D eigenvalue weighted by molar-refractivity contribution is -0.125. The van der Waals surface area contributed by atoms with Crippen LogP contribution in [0, 0.1) is 0 Å². The van der Waals surface area contributed by atoms with Crippen LogP contribution in [0.2, 0.25) is 0 Å². The number of benzene rings is 2. The maximum atomic E-state index is 13.1. The Morgan fingerprint density at radius 3 is 1.43 bits per heavy atom. The third-order valence-electron chi connectivity index (χ3n) is 5.82. The predicted molar refractivity (Wildman–Crippen MR) is 164 cm³/mol. The molecule has 2 aromatic carbocycles. The van der Waals surface area contributed by atoms with E-state index in [1.54, 1.807) is 0 Å². The van der Waals surface area contributed by atoms with Gasteiger partial charge < -0.3 is 20.8 Å². The molecule has 216 valence electrons. The maximum Gasteiger partial charge on any atom is 0.335 e. The van der Waals surface area contributed by atoms with Gasteiger partial charge in [0.05, 0.1) is 20.9 Å². The van der Waals surface area contributed by atoms with Crippen molar-refractivity contribution in [1.82, 2.24) is 9.80 Å². The van der Waals surface area contributed by atoms with E-state index in [1.807, 2.05) is 0 Å². The molecule has 0 unspecified atom stereocenters. The van der Waals surface area contributed by atoms with Crippen LogP contribution in [0.25, 0.3) is 0 Å². The van der Waals surface area contributed by atoms with E-state index in [-0.39, 0.29) is 66.9 Å². The van der Waals surface area contributed by atoms with E-state index in [2.05, 4.69) is 10.6 Å². The van der Waals surface area contributed by atoms with Gasteiger partial charge in [0.25, 0.3) is 11.8 Å². The van der Waals surface area contributed by atoms with E-state index in [9.17, 15) is 28.8 Å². The van der Waals surface area contributed by atoms with Gasteiger partial charge in [0.2, 0.25) is 11.8 Å². The Morgan fingerprint density at radius 1 is 0.690 bits per heavy atom. The van der Waals surface area contributed by atoms with Gasteiger partial charge in [0.1, 0.15) is 8.64 Å². The molecule has 0 aromatic heterocycles. The van der Waals surface area contributed by atoms with Gasteiger partial charge in [0.15, 0.2) is 0 Å². The Labute approximate surface area is 257 Å². The zero-order valence-electron chi connectivity index (χ0n) is 21.3. The van der Waals surface area contributed by atoms with Crippen molar-refractivity contribution >= 4 is 104 Å². The second-order valence-electron chi connectivity index (χ2n) is 8.68. The Balaban J connectivity index is 1.34. The molecule has 4 N–H and O–H groups in total. The predicted octanol–water partition coefficient (Wildman–Crippen LogP) is 3.37. The summed E-state index contributed by atoms with van der Waals surface area (Å²) in [7, 11) is 0. The molecule has 0 radical (unpaired) electrons. The van der Waals surface area contributed by atoms with Crippen molar-refractivity contribution < 1.29 is 39.0 Å². The number of hydrogen-bond acceptors (Lipinski definition) is 10. The first-order chi connectivity index (χ1) is 19.9. The van der Waals surface area contributed by atoms with Crippen LogP contribution in [0.5, 0.6) is 0 Å². The fraction of sp³-hybridized carbons (Fsp3) is 0.154. The van der Waals surface area contributed by atoms with Crippen molar-refractivity contribution in [3.05, 3.63) is 69.5 Å². The van der Waals surface area contributed by atoms with E-state index < -0.39 is 35.6 Å². The molecular formula is C26H20N4O8S4. The molecule has 2 aliphatic heterocycles. The smallest absolute Gasteiger partial charge is 0.335 e. The molecule has 0 saturated carbocycles. The highest BCUT2D eigenvalue weighted by Gasteiger charge is 2.42. The van der Waals surface area contributed by atoms with Gasteiger partial charge in [-0.3, -0.25) is 29.0 Å². The van der Waals surface area contributed by atoms with Gasteiger partial charge in [-0.2, -0.15) is 0 Å². The van der Waals surface area contributed by atoms with Crippen LogP contribution in [-0.4, -0.2) is 77.3 Å². The molecule has 2 aliphatic rings. The average Bonchev–Trinajstić information content (AvgIpc) is 3.38. The van der Waals surface area contributed by atoms with Crippen molar-refractivity contribution in [2.45, 2.75) is 12.8 Å². The minimum atomic E-state index is -1.14. The minimum absolute atomic E-state index is 0.00760. The van der Waals surface area contributed by atoms with Crippen molar-refractivity contribution in [3.8, 4) is 0 Å². The molecule has 0 atom stereocenters. The quantitative estimate of drug-likeness (QED) is 0.220. The molecule has 4 amide bonds.